The van der Waals surface area contributed by atoms with Crippen LogP contribution in [-0.2, 0) is 11.3 Å². The molecule has 1 saturated heterocycles. The summed E-state index contributed by atoms with van der Waals surface area (Å²) in [5.74, 6) is -0.853. The van der Waals surface area contributed by atoms with Crippen molar-refractivity contribution in [2.75, 3.05) is 13.1 Å². The van der Waals surface area contributed by atoms with Crippen molar-refractivity contribution >= 4 is 12.0 Å². The maximum absolute atomic E-state index is 12.0. The van der Waals surface area contributed by atoms with Gasteiger partial charge in [-0.3, -0.25) is 9.89 Å². The number of hydrogen-bond donors (Lipinski definition) is 3. The summed E-state index contributed by atoms with van der Waals surface area (Å²) in [4.78, 5) is 24.6. The second kappa shape index (κ2) is 4.91. The van der Waals surface area contributed by atoms with Crippen molar-refractivity contribution in [2.24, 2.45) is 5.41 Å². The number of hydrogen-bond acceptors (Lipinski definition) is 3. The third kappa shape index (κ3) is 2.69. The van der Waals surface area contributed by atoms with Crippen LogP contribution in [0.3, 0.4) is 0 Å². The Morgan fingerprint density at radius 1 is 1.63 bits per heavy atom. The second-order valence-corrected chi connectivity index (χ2v) is 5.22. The van der Waals surface area contributed by atoms with Gasteiger partial charge in [0.15, 0.2) is 0 Å². The van der Waals surface area contributed by atoms with Crippen LogP contribution in [0, 0.1) is 12.3 Å². The van der Waals surface area contributed by atoms with Crippen molar-refractivity contribution in [3.8, 4) is 0 Å². The van der Waals surface area contributed by atoms with Crippen molar-refractivity contribution in [2.45, 2.75) is 26.8 Å². The average molecular weight is 266 g/mol. The molecule has 0 saturated carbocycles. The van der Waals surface area contributed by atoms with Crippen LogP contribution >= 0.6 is 0 Å². The molecule has 1 unspecified atom stereocenters. The Hall–Kier alpha value is -2.05. The highest BCUT2D eigenvalue weighted by Gasteiger charge is 2.42. The highest BCUT2D eigenvalue weighted by atomic mass is 16.4. The minimum atomic E-state index is -0.853. The fraction of sp³-hybridized carbons (Fsp3) is 0.583. The number of urea groups is 1. The third-order valence-electron chi connectivity index (χ3n) is 3.64. The summed E-state index contributed by atoms with van der Waals surface area (Å²) in [6.07, 6.45) is 2.15. The van der Waals surface area contributed by atoms with Gasteiger partial charge in [0.05, 0.1) is 11.6 Å². The standard InChI is InChI=1S/C12H18N4O3/c1-8-9(6-14-15-8)5-13-11(19)16-4-3-12(2,7-16)10(17)18/h6H,3-5,7H2,1-2H3,(H,13,19)(H,14,15)(H,17,18). The predicted octanol–water partition coefficient (Wildman–Crippen LogP) is 0.724. The number of H-pyrrole nitrogens is 1. The van der Waals surface area contributed by atoms with Crippen molar-refractivity contribution < 1.29 is 14.7 Å². The number of nitrogens with zero attached hydrogens (tertiary/aromatic N) is 2. The zero-order valence-electron chi connectivity index (χ0n) is 11.1. The van der Waals surface area contributed by atoms with Gasteiger partial charge in [-0.15, -0.1) is 0 Å². The smallest absolute Gasteiger partial charge is 0.317 e. The van der Waals surface area contributed by atoms with Crippen LogP contribution in [-0.4, -0.2) is 45.3 Å². The summed E-state index contributed by atoms with van der Waals surface area (Å²) in [7, 11) is 0. The van der Waals surface area contributed by atoms with Gasteiger partial charge in [0.1, 0.15) is 0 Å². The lowest BCUT2D eigenvalue weighted by molar-refractivity contribution is -0.146. The molecule has 0 bridgehead atoms. The SMILES string of the molecule is Cc1[nH]ncc1CNC(=O)N1CCC(C)(C(=O)O)C1. The van der Waals surface area contributed by atoms with E-state index in [0.717, 1.165) is 11.3 Å². The minimum Gasteiger partial charge on any atom is -0.481 e. The lowest BCUT2D eigenvalue weighted by Gasteiger charge is -2.20. The number of rotatable bonds is 3. The van der Waals surface area contributed by atoms with E-state index in [1.54, 1.807) is 18.0 Å². The van der Waals surface area contributed by atoms with Gasteiger partial charge in [-0.2, -0.15) is 5.10 Å². The largest absolute Gasteiger partial charge is 0.481 e. The highest BCUT2D eigenvalue weighted by molar-refractivity contribution is 5.79. The first-order valence-electron chi connectivity index (χ1n) is 6.17. The fourth-order valence-corrected chi connectivity index (χ4v) is 2.15. The molecule has 1 aliphatic heterocycles. The van der Waals surface area contributed by atoms with Crippen LogP contribution in [0.15, 0.2) is 6.20 Å². The molecular weight excluding hydrogens is 248 g/mol. The average Bonchev–Trinajstić information content (AvgIpc) is 2.94. The van der Waals surface area contributed by atoms with Gasteiger partial charge in [-0.25, -0.2) is 4.79 Å². The molecule has 7 heteroatoms. The summed E-state index contributed by atoms with van der Waals surface area (Å²) in [5.41, 5.74) is 1.01. The molecule has 0 radical (unpaired) electrons. The molecule has 2 heterocycles. The van der Waals surface area contributed by atoms with Crippen LogP contribution in [0.4, 0.5) is 4.79 Å². The first kappa shape index (κ1) is 13.4. The topological polar surface area (TPSA) is 98.3 Å². The van der Waals surface area contributed by atoms with E-state index in [0.29, 0.717) is 19.5 Å². The Morgan fingerprint density at radius 2 is 2.37 bits per heavy atom. The molecule has 0 aromatic carbocycles. The number of aromatic amines is 1. The number of carbonyl (C=O) groups excluding carboxylic acids is 1. The molecule has 7 nitrogen and oxygen atoms in total. The molecule has 1 aliphatic rings. The fourth-order valence-electron chi connectivity index (χ4n) is 2.15. The number of carbonyl (C=O) groups is 2. The van der Waals surface area contributed by atoms with Gasteiger partial charge in [-0.1, -0.05) is 0 Å². The number of aryl methyl sites for hydroxylation is 1. The molecule has 2 rings (SSSR count). The van der Waals surface area contributed by atoms with Crippen LogP contribution in [0.25, 0.3) is 0 Å². The van der Waals surface area contributed by atoms with Gasteiger partial charge >= 0.3 is 12.0 Å². The van der Waals surface area contributed by atoms with Crippen LogP contribution in [0.1, 0.15) is 24.6 Å². The molecular formula is C12H18N4O3. The maximum Gasteiger partial charge on any atom is 0.317 e. The Morgan fingerprint density at radius 3 is 2.89 bits per heavy atom. The molecule has 0 spiro atoms. The van der Waals surface area contributed by atoms with E-state index in [9.17, 15) is 9.59 Å². The number of aromatic nitrogens is 2. The van der Waals surface area contributed by atoms with E-state index in [4.69, 9.17) is 5.11 Å². The lowest BCUT2D eigenvalue weighted by Crippen LogP contribution is -2.40. The van der Waals surface area contributed by atoms with E-state index in [1.807, 2.05) is 6.92 Å². The molecule has 0 aliphatic carbocycles. The molecule has 1 aromatic heterocycles. The van der Waals surface area contributed by atoms with Crippen molar-refractivity contribution in [1.29, 1.82) is 0 Å². The Bertz CT molecular complexity index is 499. The zero-order chi connectivity index (χ0) is 14.0. The molecule has 2 amide bonds. The maximum atomic E-state index is 12.0. The first-order valence-corrected chi connectivity index (χ1v) is 6.17. The molecule has 104 valence electrons. The number of amides is 2. The third-order valence-corrected chi connectivity index (χ3v) is 3.64. The van der Waals surface area contributed by atoms with Gasteiger partial charge < -0.3 is 15.3 Å². The first-order chi connectivity index (χ1) is 8.92. The van der Waals surface area contributed by atoms with E-state index < -0.39 is 11.4 Å². The van der Waals surface area contributed by atoms with Gasteiger partial charge in [0, 0.05) is 30.9 Å². The summed E-state index contributed by atoms with van der Waals surface area (Å²) >= 11 is 0. The normalized spacial score (nSPS) is 22.5. The van der Waals surface area contributed by atoms with E-state index in [-0.39, 0.29) is 12.6 Å². The quantitative estimate of drug-likeness (QED) is 0.751. The number of aliphatic carboxylic acids is 1. The Labute approximate surface area is 111 Å². The second-order valence-electron chi connectivity index (χ2n) is 5.22. The van der Waals surface area contributed by atoms with Gasteiger partial charge in [0.2, 0.25) is 0 Å². The van der Waals surface area contributed by atoms with Crippen molar-refractivity contribution in [3.63, 3.8) is 0 Å². The number of nitrogens with one attached hydrogen (secondary N) is 2. The molecule has 1 atom stereocenters. The van der Waals surface area contributed by atoms with E-state index in [1.165, 1.54) is 0 Å². The minimum absolute atomic E-state index is 0.231. The van der Waals surface area contributed by atoms with Gasteiger partial charge in [0.25, 0.3) is 0 Å². The van der Waals surface area contributed by atoms with E-state index in [2.05, 4.69) is 15.5 Å². The van der Waals surface area contributed by atoms with Crippen molar-refractivity contribution in [1.82, 2.24) is 20.4 Å². The summed E-state index contributed by atoms with van der Waals surface area (Å²) in [5, 5.41) is 18.6. The van der Waals surface area contributed by atoms with Gasteiger partial charge in [-0.05, 0) is 20.3 Å². The van der Waals surface area contributed by atoms with Crippen LogP contribution in [0.2, 0.25) is 0 Å². The monoisotopic (exact) mass is 266 g/mol. The summed E-state index contributed by atoms with van der Waals surface area (Å²) in [6.45, 7) is 4.66. The summed E-state index contributed by atoms with van der Waals surface area (Å²) in [6, 6.07) is -0.231. The Kier molecular flexibility index (Phi) is 3.46. The number of carboxylic acids is 1. The Balaban J connectivity index is 1.89. The van der Waals surface area contributed by atoms with E-state index >= 15 is 0 Å². The number of likely N-dealkylation sites (tertiary alicyclic amines) is 1. The summed E-state index contributed by atoms with van der Waals surface area (Å²) < 4.78 is 0. The van der Waals surface area contributed by atoms with Crippen molar-refractivity contribution in [3.05, 3.63) is 17.5 Å². The zero-order valence-corrected chi connectivity index (χ0v) is 11.1. The molecule has 19 heavy (non-hydrogen) atoms. The van der Waals surface area contributed by atoms with Crippen LogP contribution in [0.5, 0.6) is 0 Å². The number of carboxylic acid groups (broad SMARTS) is 1. The molecule has 1 aromatic rings. The van der Waals surface area contributed by atoms with Crippen LogP contribution < -0.4 is 5.32 Å². The molecule has 3 N–H and O–H groups in total. The highest BCUT2D eigenvalue weighted by Crippen LogP contribution is 2.29. The molecule has 1 fully saturated rings. The predicted molar refractivity (Wildman–Crippen MR) is 67.5 cm³/mol. The lowest BCUT2D eigenvalue weighted by atomic mass is 9.90.